The first-order valence-electron chi connectivity index (χ1n) is 6.57. The highest BCUT2D eigenvalue weighted by Crippen LogP contribution is 2.13. The summed E-state index contributed by atoms with van der Waals surface area (Å²) in [5.74, 6) is 0.460. The molecule has 0 aliphatic rings. The zero-order chi connectivity index (χ0) is 12.4. The lowest BCUT2D eigenvalue weighted by molar-refractivity contribution is -0.125. The fraction of sp³-hybridized carbons (Fsp3) is 0.923. The van der Waals surface area contributed by atoms with Crippen LogP contribution in [0.4, 0.5) is 0 Å². The zero-order valence-corrected chi connectivity index (χ0v) is 12.5. The Labute approximate surface area is 109 Å². The number of amides is 1. The molecule has 0 spiro atoms. The minimum absolute atomic E-state index is 0.218. The van der Waals surface area contributed by atoms with E-state index in [1.54, 1.807) is 0 Å². The Morgan fingerprint density at radius 2 is 1.88 bits per heavy atom. The summed E-state index contributed by atoms with van der Waals surface area (Å²) in [6, 6.07) is 0. The first-order valence-corrected chi connectivity index (χ1v) is 7.48. The third kappa shape index (κ3) is 7.26. The van der Waals surface area contributed by atoms with Crippen molar-refractivity contribution in [3.05, 3.63) is 0 Å². The predicted molar refractivity (Wildman–Crippen MR) is 73.9 cm³/mol. The van der Waals surface area contributed by atoms with Crippen molar-refractivity contribution in [2.45, 2.75) is 64.1 Å². The van der Waals surface area contributed by atoms with E-state index in [0.717, 1.165) is 38.6 Å². The molecule has 0 heterocycles. The summed E-state index contributed by atoms with van der Waals surface area (Å²) in [7, 11) is 0. The van der Waals surface area contributed by atoms with Crippen LogP contribution in [0.25, 0.3) is 0 Å². The molecule has 96 valence electrons. The zero-order valence-electron chi connectivity index (χ0n) is 10.9. The molecule has 0 saturated carbocycles. The lowest BCUT2D eigenvalue weighted by atomic mass is 9.98. The van der Waals surface area contributed by atoms with E-state index < -0.39 is 0 Å². The van der Waals surface area contributed by atoms with Crippen LogP contribution >= 0.6 is 15.9 Å². The molecule has 0 aliphatic heterocycles. The van der Waals surface area contributed by atoms with Crippen molar-refractivity contribution in [2.24, 2.45) is 5.92 Å². The fourth-order valence-corrected chi connectivity index (χ4v) is 1.90. The molecule has 0 bridgehead atoms. The van der Waals surface area contributed by atoms with Crippen LogP contribution in [-0.2, 0) is 4.79 Å². The number of alkyl halides is 1. The Morgan fingerprint density at radius 3 is 2.38 bits per heavy atom. The van der Waals surface area contributed by atoms with Crippen molar-refractivity contribution >= 4 is 21.8 Å². The van der Waals surface area contributed by atoms with E-state index in [4.69, 9.17) is 0 Å². The largest absolute Gasteiger partial charge is 0.356 e. The molecule has 0 rings (SSSR count). The summed E-state index contributed by atoms with van der Waals surface area (Å²) in [5, 5.41) is 3.04. The van der Waals surface area contributed by atoms with Crippen LogP contribution in [0.2, 0.25) is 0 Å². The van der Waals surface area contributed by atoms with Crippen molar-refractivity contribution in [3.63, 3.8) is 0 Å². The third-order valence-electron chi connectivity index (χ3n) is 2.97. The minimum atomic E-state index is 0.218. The van der Waals surface area contributed by atoms with E-state index in [1.807, 2.05) is 0 Å². The van der Waals surface area contributed by atoms with Gasteiger partial charge in [0, 0.05) is 17.3 Å². The Hall–Kier alpha value is -0.0500. The van der Waals surface area contributed by atoms with E-state index in [-0.39, 0.29) is 11.8 Å². The Kier molecular flexibility index (Phi) is 10.1. The summed E-state index contributed by atoms with van der Waals surface area (Å²) >= 11 is 3.57. The molecule has 2 nitrogen and oxygen atoms in total. The average Bonchev–Trinajstić information content (AvgIpc) is 2.29. The molecule has 1 N–H and O–H groups in total. The van der Waals surface area contributed by atoms with Gasteiger partial charge in [0.1, 0.15) is 0 Å². The van der Waals surface area contributed by atoms with Crippen LogP contribution in [0.5, 0.6) is 0 Å². The standard InChI is InChI=1S/C13H26BrNO/c1-4-7-8-11(5-2)13(16)15-10-9-12(14)6-3/h11-12H,4-10H2,1-3H3,(H,15,16). The quantitative estimate of drug-likeness (QED) is 0.642. The first kappa shape index (κ1) is 16.0. The Bertz CT molecular complexity index is 185. The number of halogens is 1. The van der Waals surface area contributed by atoms with Gasteiger partial charge >= 0.3 is 0 Å². The lowest BCUT2D eigenvalue weighted by Gasteiger charge is -2.15. The maximum absolute atomic E-state index is 11.8. The molecule has 0 saturated heterocycles. The molecule has 0 aromatic rings. The van der Waals surface area contributed by atoms with Crippen LogP contribution in [-0.4, -0.2) is 17.3 Å². The van der Waals surface area contributed by atoms with Crippen LogP contribution in [0, 0.1) is 5.92 Å². The van der Waals surface area contributed by atoms with E-state index in [1.165, 1.54) is 6.42 Å². The Balaban J connectivity index is 3.74. The monoisotopic (exact) mass is 291 g/mol. The number of hydrogen-bond donors (Lipinski definition) is 1. The van der Waals surface area contributed by atoms with Gasteiger partial charge in [0.25, 0.3) is 0 Å². The van der Waals surface area contributed by atoms with Crippen molar-refractivity contribution in [1.82, 2.24) is 5.32 Å². The first-order chi connectivity index (χ1) is 7.65. The second-order valence-corrected chi connectivity index (χ2v) is 5.63. The van der Waals surface area contributed by atoms with Crippen molar-refractivity contribution in [1.29, 1.82) is 0 Å². The summed E-state index contributed by atoms with van der Waals surface area (Å²) in [5.41, 5.74) is 0. The fourth-order valence-electron chi connectivity index (χ4n) is 1.67. The summed E-state index contributed by atoms with van der Waals surface area (Å²) in [6.07, 6.45) is 6.45. The molecule has 1 amide bonds. The number of carbonyl (C=O) groups excluding carboxylic acids is 1. The Morgan fingerprint density at radius 1 is 1.19 bits per heavy atom. The van der Waals surface area contributed by atoms with E-state index in [9.17, 15) is 4.79 Å². The maximum Gasteiger partial charge on any atom is 0.223 e. The molecule has 2 atom stereocenters. The number of unbranched alkanes of at least 4 members (excludes halogenated alkanes) is 1. The van der Waals surface area contributed by atoms with Crippen molar-refractivity contribution in [3.8, 4) is 0 Å². The van der Waals surface area contributed by atoms with Gasteiger partial charge in [-0.15, -0.1) is 0 Å². The molecule has 0 aromatic heterocycles. The molecular weight excluding hydrogens is 266 g/mol. The van der Waals surface area contributed by atoms with E-state index >= 15 is 0 Å². The number of hydrogen-bond acceptors (Lipinski definition) is 1. The molecule has 3 heteroatoms. The average molecular weight is 292 g/mol. The normalized spacial score (nSPS) is 14.5. The van der Waals surface area contributed by atoms with Gasteiger partial charge in [-0.05, 0) is 25.7 Å². The van der Waals surface area contributed by atoms with Gasteiger partial charge in [-0.2, -0.15) is 0 Å². The van der Waals surface area contributed by atoms with E-state index in [2.05, 4.69) is 42.0 Å². The van der Waals surface area contributed by atoms with Gasteiger partial charge < -0.3 is 5.32 Å². The van der Waals surface area contributed by atoms with Crippen LogP contribution in [0.3, 0.4) is 0 Å². The van der Waals surface area contributed by atoms with Gasteiger partial charge in [0.2, 0.25) is 5.91 Å². The lowest BCUT2D eigenvalue weighted by Crippen LogP contribution is -2.32. The van der Waals surface area contributed by atoms with Crippen LogP contribution in [0.15, 0.2) is 0 Å². The third-order valence-corrected chi connectivity index (χ3v) is 4.07. The maximum atomic E-state index is 11.8. The van der Waals surface area contributed by atoms with Gasteiger partial charge in [0.15, 0.2) is 0 Å². The van der Waals surface area contributed by atoms with Gasteiger partial charge in [-0.25, -0.2) is 0 Å². The van der Waals surface area contributed by atoms with Gasteiger partial charge in [0.05, 0.1) is 0 Å². The summed E-state index contributed by atoms with van der Waals surface area (Å²) < 4.78 is 0. The highest BCUT2D eigenvalue weighted by atomic mass is 79.9. The number of nitrogens with one attached hydrogen (secondary N) is 1. The van der Waals surface area contributed by atoms with Crippen molar-refractivity contribution in [2.75, 3.05) is 6.54 Å². The number of rotatable bonds is 9. The van der Waals surface area contributed by atoms with Crippen molar-refractivity contribution < 1.29 is 4.79 Å². The molecule has 0 fully saturated rings. The van der Waals surface area contributed by atoms with Gasteiger partial charge in [-0.1, -0.05) is 49.5 Å². The van der Waals surface area contributed by atoms with Crippen LogP contribution in [0.1, 0.15) is 59.3 Å². The number of carbonyl (C=O) groups is 1. The molecule has 16 heavy (non-hydrogen) atoms. The van der Waals surface area contributed by atoms with Gasteiger partial charge in [-0.3, -0.25) is 4.79 Å². The SMILES string of the molecule is CCCCC(CC)C(=O)NCCC(Br)CC. The molecular formula is C13H26BrNO. The smallest absolute Gasteiger partial charge is 0.223 e. The highest BCUT2D eigenvalue weighted by Gasteiger charge is 2.15. The second-order valence-electron chi connectivity index (χ2n) is 4.33. The second kappa shape index (κ2) is 10.1. The predicted octanol–water partition coefficient (Wildman–Crippen LogP) is 3.88. The highest BCUT2D eigenvalue weighted by molar-refractivity contribution is 9.09. The summed E-state index contributed by atoms with van der Waals surface area (Å²) in [6.45, 7) is 7.21. The van der Waals surface area contributed by atoms with Crippen LogP contribution < -0.4 is 5.32 Å². The molecule has 0 radical (unpaired) electrons. The minimum Gasteiger partial charge on any atom is -0.356 e. The molecule has 0 aliphatic carbocycles. The van der Waals surface area contributed by atoms with E-state index in [0.29, 0.717) is 4.83 Å². The molecule has 2 unspecified atom stereocenters. The summed E-state index contributed by atoms with van der Waals surface area (Å²) in [4.78, 5) is 12.4. The topological polar surface area (TPSA) is 29.1 Å². The molecule has 0 aromatic carbocycles.